The molecule has 1 aliphatic rings. The van der Waals surface area contributed by atoms with Gasteiger partial charge >= 0.3 is 0 Å². The van der Waals surface area contributed by atoms with Crippen molar-refractivity contribution in [3.63, 3.8) is 0 Å². The molecular formula is C24H29FN2O3. The Kier molecular flexibility index (Phi) is 7.08. The molecule has 5 nitrogen and oxygen atoms in total. The van der Waals surface area contributed by atoms with Crippen molar-refractivity contribution < 1.29 is 18.7 Å². The van der Waals surface area contributed by atoms with E-state index in [1.807, 2.05) is 36.1 Å². The minimum atomic E-state index is -0.460. The number of carbonyl (C=O) groups is 2. The highest BCUT2D eigenvalue weighted by Crippen LogP contribution is 2.41. The molecule has 0 unspecified atom stereocenters. The molecular weight excluding hydrogens is 383 g/mol. The third-order valence-electron chi connectivity index (χ3n) is 5.71. The van der Waals surface area contributed by atoms with E-state index in [2.05, 4.69) is 12.2 Å². The molecule has 2 amide bonds. The van der Waals surface area contributed by atoms with Gasteiger partial charge in [0.15, 0.2) is 0 Å². The number of amides is 2. The molecule has 30 heavy (non-hydrogen) atoms. The van der Waals surface area contributed by atoms with E-state index in [4.69, 9.17) is 4.74 Å². The number of likely N-dealkylation sites (tertiary alicyclic amines) is 1. The zero-order valence-electron chi connectivity index (χ0n) is 17.8. The molecule has 2 aromatic carbocycles. The molecule has 0 aromatic heterocycles. The summed E-state index contributed by atoms with van der Waals surface area (Å²) in [5.41, 5.74) is 2.06. The number of rotatable bonds is 7. The van der Waals surface area contributed by atoms with E-state index in [0.29, 0.717) is 30.8 Å². The van der Waals surface area contributed by atoms with Crippen LogP contribution in [0, 0.1) is 18.7 Å². The lowest BCUT2D eigenvalue weighted by Crippen LogP contribution is -2.47. The molecule has 2 atom stereocenters. The largest absolute Gasteiger partial charge is 0.496 e. The van der Waals surface area contributed by atoms with E-state index in [0.717, 1.165) is 24.0 Å². The fourth-order valence-corrected chi connectivity index (χ4v) is 4.07. The first kappa shape index (κ1) is 21.8. The van der Waals surface area contributed by atoms with Gasteiger partial charge in [-0.15, -0.1) is 0 Å². The summed E-state index contributed by atoms with van der Waals surface area (Å²) in [6.07, 6.45) is 2.55. The van der Waals surface area contributed by atoms with Gasteiger partial charge in [0.05, 0.1) is 19.1 Å². The summed E-state index contributed by atoms with van der Waals surface area (Å²) < 4.78 is 19.3. The summed E-state index contributed by atoms with van der Waals surface area (Å²) in [6, 6.07) is 11.4. The number of piperidine rings is 1. The molecule has 0 spiro atoms. The summed E-state index contributed by atoms with van der Waals surface area (Å²) in [5, 5.41) is 2.89. The van der Waals surface area contributed by atoms with E-state index < -0.39 is 17.8 Å². The topological polar surface area (TPSA) is 58.6 Å². The molecule has 0 radical (unpaired) electrons. The van der Waals surface area contributed by atoms with Gasteiger partial charge in [0, 0.05) is 24.2 Å². The molecule has 0 bridgehead atoms. The van der Waals surface area contributed by atoms with E-state index in [1.54, 1.807) is 13.2 Å². The molecule has 1 fully saturated rings. The number of aryl methyl sites for hydroxylation is 1. The van der Waals surface area contributed by atoms with Crippen LogP contribution in [0.5, 0.6) is 5.75 Å². The standard InChI is InChI=1S/C24H29FN2O3/c1-4-5-14-27-22(28)13-12-19(23(27)18-8-6-7-9-21(18)30-3)24(29)26-20-15-17(25)11-10-16(20)2/h6-11,15,19,23H,4-5,12-14H2,1-3H3,(H,26,29)/t19-,23-/m0/s1. The SMILES string of the molecule is CCCCN1C(=O)CC[C@H](C(=O)Nc2cc(F)ccc2C)[C@@H]1c1ccccc1OC. The van der Waals surface area contributed by atoms with Crippen LogP contribution in [-0.4, -0.2) is 30.4 Å². The molecule has 1 heterocycles. The van der Waals surface area contributed by atoms with Crippen LogP contribution in [0.1, 0.15) is 49.8 Å². The van der Waals surface area contributed by atoms with Gasteiger partial charge in [-0.25, -0.2) is 4.39 Å². The quantitative estimate of drug-likeness (QED) is 0.706. The number of ether oxygens (including phenoxy) is 1. The maximum atomic E-state index is 13.7. The highest BCUT2D eigenvalue weighted by Gasteiger charge is 2.41. The fraction of sp³-hybridized carbons (Fsp3) is 0.417. The van der Waals surface area contributed by atoms with Crippen LogP contribution in [0.4, 0.5) is 10.1 Å². The number of nitrogens with zero attached hydrogens (tertiary/aromatic N) is 1. The van der Waals surface area contributed by atoms with E-state index in [-0.39, 0.29) is 11.8 Å². The Morgan fingerprint density at radius 3 is 2.77 bits per heavy atom. The van der Waals surface area contributed by atoms with Crippen LogP contribution in [0.3, 0.4) is 0 Å². The normalized spacial score (nSPS) is 18.9. The van der Waals surface area contributed by atoms with Gasteiger partial charge in [-0.2, -0.15) is 0 Å². The number of benzene rings is 2. The summed E-state index contributed by atoms with van der Waals surface area (Å²) >= 11 is 0. The molecule has 6 heteroatoms. The first-order chi connectivity index (χ1) is 14.5. The Morgan fingerprint density at radius 1 is 1.27 bits per heavy atom. The Labute approximate surface area is 177 Å². The number of anilines is 1. The number of halogens is 1. The number of hydrogen-bond acceptors (Lipinski definition) is 3. The molecule has 3 rings (SSSR count). The second kappa shape index (κ2) is 9.74. The highest BCUT2D eigenvalue weighted by molar-refractivity contribution is 5.95. The molecule has 1 N–H and O–H groups in total. The molecule has 2 aromatic rings. The lowest BCUT2D eigenvalue weighted by Gasteiger charge is -2.41. The van der Waals surface area contributed by atoms with Crippen LogP contribution in [0.2, 0.25) is 0 Å². The number of methoxy groups -OCH3 is 1. The molecule has 160 valence electrons. The third kappa shape index (κ3) is 4.64. The van der Waals surface area contributed by atoms with Gasteiger partial charge in [0.2, 0.25) is 11.8 Å². The Hall–Kier alpha value is -2.89. The summed E-state index contributed by atoms with van der Waals surface area (Å²) in [7, 11) is 1.59. The zero-order chi connectivity index (χ0) is 21.7. The number of unbranched alkanes of at least 4 members (excludes halogenated alkanes) is 1. The lowest BCUT2D eigenvalue weighted by molar-refractivity contribution is -0.142. The Bertz CT molecular complexity index is 915. The second-order valence-electron chi connectivity index (χ2n) is 7.72. The van der Waals surface area contributed by atoms with Crippen LogP contribution < -0.4 is 10.1 Å². The highest BCUT2D eigenvalue weighted by atomic mass is 19.1. The van der Waals surface area contributed by atoms with Crippen molar-refractivity contribution in [3.8, 4) is 5.75 Å². The minimum Gasteiger partial charge on any atom is -0.496 e. The summed E-state index contributed by atoms with van der Waals surface area (Å²) in [6.45, 7) is 4.48. The van der Waals surface area contributed by atoms with Crippen molar-refractivity contribution in [3.05, 3.63) is 59.4 Å². The van der Waals surface area contributed by atoms with Crippen LogP contribution in [0.25, 0.3) is 0 Å². The van der Waals surface area contributed by atoms with Crippen molar-refractivity contribution in [1.82, 2.24) is 4.90 Å². The average Bonchev–Trinajstić information content (AvgIpc) is 2.75. The van der Waals surface area contributed by atoms with Gasteiger partial charge in [-0.3, -0.25) is 9.59 Å². The third-order valence-corrected chi connectivity index (χ3v) is 5.71. The van der Waals surface area contributed by atoms with Gasteiger partial charge in [-0.1, -0.05) is 37.6 Å². The van der Waals surface area contributed by atoms with Crippen molar-refractivity contribution in [2.75, 3.05) is 19.0 Å². The monoisotopic (exact) mass is 412 g/mol. The predicted molar refractivity (Wildman–Crippen MR) is 115 cm³/mol. The van der Waals surface area contributed by atoms with Crippen molar-refractivity contribution in [2.24, 2.45) is 5.92 Å². The number of hydrogen-bond donors (Lipinski definition) is 1. The molecule has 0 aliphatic carbocycles. The minimum absolute atomic E-state index is 0.0466. The van der Waals surface area contributed by atoms with Gasteiger partial charge in [0.25, 0.3) is 0 Å². The van der Waals surface area contributed by atoms with Gasteiger partial charge in [0.1, 0.15) is 11.6 Å². The van der Waals surface area contributed by atoms with Crippen molar-refractivity contribution in [2.45, 2.75) is 45.6 Å². The van der Waals surface area contributed by atoms with E-state index in [1.165, 1.54) is 12.1 Å². The Morgan fingerprint density at radius 2 is 2.03 bits per heavy atom. The maximum absolute atomic E-state index is 13.7. The van der Waals surface area contributed by atoms with Crippen molar-refractivity contribution >= 4 is 17.5 Å². The fourth-order valence-electron chi connectivity index (χ4n) is 4.07. The number of carbonyl (C=O) groups excluding carboxylic acids is 2. The molecule has 1 saturated heterocycles. The number of para-hydroxylation sites is 1. The summed E-state index contributed by atoms with van der Waals surface area (Å²) in [4.78, 5) is 28.0. The van der Waals surface area contributed by atoms with E-state index >= 15 is 0 Å². The Balaban J connectivity index is 1.98. The first-order valence-corrected chi connectivity index (χ1v) is 10.5. The van der Waals surface area contributed by atoms with Crippen LogP contribution in [0.15, 0.2) is 42.5 Å². The smallest absolute Gasteiger partial charge is 0.229 e. The average molecular weight is 413 g/mol. The lowest BCUT2D eigenvalue weighted by atomic mass is 9.83. The van der Waals surface area contributed by atoms with Crippen LogP contribution >= 0.6 is 0 Å². The summed E-state index contributed by atoms with van der Waals surface area (Å²) in [5.74, 6) is -0.378. The van der Waals surface area contributed by atoms with Crippen molar-refractivity contribution in [1.29, 1.82) is 0 Å². The first-order valence-electron chi connectivity index (χ1n) is 10.5. The second-order valence-corrected chi connectivity index (χ2v) is 7.72. The molecule has 1 aliphatic heterocycles. The number of nitrogens with one attached hydrogen (secondary N) is 1. The van der Waals surface area contributed by atoms with Gasteiger partial charge in [-0.05, 0) is 43.5 Å². The maximum Gasteiger partial charge on any atom is 0.229 e. The molecule has 0 saturated carbocycles. The zero-order valence-corrected chi connectivity index (χ0v) is 17.8. The van der Waals surface area contributed by atoms with E-state index in [9.17, 15) is 14.0 Å². The van der Waals surface area contributed by atoms with Gasteiger partial charge < -0.3 is 15.0 Å². The van der Waals surface area contributed by atoms with Crippen LogP contribution in [-0.2, 0) is 9.59 Å². The predicted octanol–water partition coefficient (Wildman–Crippen LogP) is 4.86.